The summed E-state index contributed by atoms with van der Waals surface area (Å²) in [6.07, 6.45) is 7.74. The number of nitrogens with one attached hydrogen (secondary N) is 1. The zero-order valence-corrected chi connectivity index (χ0v) is 15.7. The molecule has 1 N–H and O–H groups in total. The summed E-state index contributed by atoms with van der Waals surface area (Å²) in [5.74, 6) is 1.84. The molecule has 0 spiro atoms. The van der Waals surface area contributed by atoms with E-state index in [2.05, 4.69) is 20.2 Å². The number of carbonyl (C=O) groups is 1. The summed E-state index contributed by atoms with van der Waals surface area (Å²) in [6, 6.07) is 10.6. The van der Waals surface area contributed by atoms with Crippen molar-refractivity contribution in [2.45, 2.75) is 50.6 Å². The fourth-order valence-corrected chi connectivity index (χ4v) is 4.12. The van der Waals surface area contributed by atoms with E-state index >= 15 is 0 Å². The Balaban J connectivity index is 1.36. The Morgan fingerprint density at radius 3 is 2.56 bits per heavy atom. The van der Waals surface area contributed by atoms with Crippen LogP contribution in [0.4, 0.5) is 5.95 Å². The molecule has 1 saturated carbocycles. The van der Waals surface area contributed by atoms with Crippen molar-refractivity contribution in [3.63, 3.8) is 0 Å². The van der Waals surface area contributed by atoms with Crippen molar-refractivity contribution in [3.05, 3.63) is 36.5 Å². The molecule has 2 fully saturated rings. The van der Waals surface area contributed by atoms with E-state index < -0.39 is 0 Å². The Morgan fingerprint density at radius 2 is 1.89 bits per heavy atom. The minimum Gasteiger partial charge on any atom is -0.497 e. The first-order chi connectivity index (χ1) is 13.2. The third kappa shape index (κ3) is 4.04. The third-order valence-electron chi connectivity index (χ3n) is 5.62. The molecule has 142 valence electrons. The highest BCUT2D eigenvalue weighted by Crippen LogP contribution is 2.28. The molecule has 0 atom stereocenters. The lowest BCUT2D eigenvalue weighted by Gasteiger charge is -2.34. The van der Waals surface area contributed by atoms with E-state index in [0.29, 0.717) is 23.9 Å². The quantitative estimate of drug-likeness (QED) is 0.877. The summed E-state index contributed by atoms with van der Waals surface area (Å²) in [7, 11) is 1.66. The lowest BCUT2D eigenvalue weighted by atomic mass is 9.90. The first-order valence-corrected chi connectivity index (χ1v) is 9.76. The van der Waals surface area contributed by atoms with E-state index in [9.17, 15) is 4.79 Å². The predicted octanol–water partition coefficient (Wildman–Crippen LogP) is 3.50. The average Bonchev–Trinajstić information content (AvgIpc) is 3.15. The summed E-state index contributed by atoms with van der Waals surface area (Å²) in [5, 5.41) is 3.49. The van der Waals surface area contributed by atoms with Crippen molar-refractivity contribution in [2.24, 2.45) is 0 Å². The predicted molar refractivity (Wildman–Crippen MR) is 105 cm³/mol. The second-order valence-corrected chi connectivity index (χ2v) is 7.33. The van der Waals surface area contributed by atoms with Gasteiger partial charge in [-0.25, -0.2) is 9.97 Å². The number of hydrogen-bond acceptors (Lipinski definition) is 5. The molecule has 2 heterocycles. The maximum atomic E-state index is 11.9. The summed E-state index contributed by atoms with van der Waals surface area (Å²) < 4.78 is 5.21. The molecule has 1 saturated heterocycles. The maximum absolute atomic E-state index is 11.9. The molecule has 4 rings (SSSR count). The molecule has 27 heavy (non-hydrogen) atoms. The number of carbonyl (C=O) groups excluding carboxylic acids is 1. The van der Waals surface area contributed by atoms with Crippen molar-refractivity contribution in [1.82, 2.24) is 14.9 Å². The smallest absolute Gasteiger partial charge is 0.223 e. The number of anilines is 1. The molecular weight excluding hydrogens is 340 g/mol. The van der Waals surface area contributed by atoms with Crippen molar-refractivity contribution >= 4 is 11.9 Å². The first kappa shape index (κ1) is 17.8. The van der Waals surface area contributed by atoms with E-state index in [1.807, 2.05) is 30.3 Å². The Kier molecular flexibility index (Phi) is 5.23. The van der Waals surface area contributed by atoms with Gasteiger partial charge in [0.05, 0.1) is 12.8 Å². The molecule has 1 aliphatic heterocycles. The molecule has 6 heteroatoms. The molecule has 0 bridgehead atoms. The van der Waals surface area contributed by atoms with Crippen molar-refractivity contribution in [2.75, 3.05) is 19.0 Å². The maximum Gasteiger partial charge on any atom is 0.223 e. The van der Waals surface area contributed by atoms with Gasteiger partial charge < -0.3 is 15.0 Å². The Morgan fingerprint density at radius 1 is 1.11 bits per heavy atom. The molecule has 1 amide bonds. The zero-order chi connectivity index (χ0) is 18.6. The van der Waals surface area contributed by atoms with Crippen LogP contribution in [0.2, 0.25) is 0 Å². The number of methoxy groups -OCH3 is 1. The molecular formula is C21H26N4O2. The largest absolute Gasteiger partial charge is 0.497 e. The Labute approximate surface area is 160 Å². The van der Waals surface area contributed by atoms with Gasteiger partial charge in [0.25, 0.3) is 0 Å². The van der Waals surface area contributed by atoms with Gasteiger partial charge in [-0.05, 0) is 62.4 Å². The molecule has 2 aliphatic rings. The number of rotatable bonds is 5. The molecule has 2 aromatic rings. The summed E-state index contributed by atoms with van der Waals surface area (Å²) >= 11 is 0. The van der Waals surface area contributed by atoms with Crippen LogP contribution in [0.25, 0.3) is 11.3 Å². The fraction of sp³-hybridized carbons (Fsp3) is 0.476. The monoisotopic (exact) mass is 366 g/mol. The van der Waals surface area contributed by atoms with Gasteiger partial charge in [0.15, 0.2) is 0 Å². The van der Waals surface area contributed by atoms with Crippen LogP contribution in [0.3, 0.4) is 0 Å². The lowest BCUT2D eigenvalue weighted by Crippen LogP contribution is -2.41. The van der Waals surface area contributed by atoms with Gasteiger partial charge in [0.1, 0.15) is 5.75 Å². The topological polar surface area (TPSA) is 67.3 Å². The second-order valence-electron chi connectivity index (χ2n) is 7.33. The second kappa shape index (κ2) is 7.94. The standard InChI is InChI=1S/C21H26N4O2/c1-27-18-10-4-15(5-11-18)19-12-13-22-21(24-19)23-16-6-8-17(9-7-16)25-14-2-3-20(25)26/h4-5,10-13,16-17H,2-3,6-9,14H2,1H3,(H,22,23,24). The van der Waals surface area contributed by atoms with Crippen LogP contribution in [0.5, 0.6) is 5.75 Å². The number of benzene rings is 1. The number of nitrogens with zero attached hydrogens (tertiary/aromatic N) is 3. The van der Waals surface area contributed by atoms with Crippen molar-refractivity contribution in [1.29, 1.82) is 0 Å². The summed E-state index contributed by atoms with van der Waals surface area (Å²) in [5.41, 5.74) is 1.93. The number of hydrogen-bond donors (Lipinski definition) is 1. The number of aromatic nitrogens is 2. The van der Waals surface area contributed by atoms with Crippen LogP contribution in [-0.4, -0.2) is 46.5 Å². The van der Waals surface area contributed by atoms with Crippen LogP contribution >= 0.6 is 0 Å². The zero-order valence-electron chi connectivity index (χ0n) is 15.7. The Hall–Kier alpha value is -2.63. The highest BCUT2D eigenvalue weighted by molar-refractivity contribution is 5.78. The van der Waals surface area contributed by atoms with Gasteiger partial charge in [0, 0.05) is 36.8 Å². The van der Waals surface area contributed by atoms with E-state index in [4.69, 9.17) is 4.74 Å². The van der Waals surface area contributed by atoms with Gasteiger partial charge in [-0.2, -0.15) is 0 Å². The highest BCUT2D eigenvalue weighted by Gasteiger charge is 2.31. The van der Waals surface area contributed by atoms with Gasteiger partial charge >= 0.3 is 0 Å². The van der Waals surface area contributed by atoms with Crippen molar-refractivity contribution in [3.8, 4) is 17.0 Å². The van der Waals surface area contributed by atoms with Crippen LogP contribution in [0, 0.1) is 0 Å². The van der Waals surface area contributed by atoms with Crippen molar-refractivity contribution < 1.29 is 9.53 Å². The SMILES string of the molecule is COc1ccc(-c2ccnc(NC3CCC(N4CCCC4=O)CC3)n2)cc1. The molecule has 6 nitrogen and oxygen atoms in total. The third-order valence-corrected chi connectivity index (χ3v) is 5.62. The minimum atomic E-state index is 0.335. The normalized spacial score (nSPS) is 22.7. The molecule has 1 aromatic heterocycles. The van der Waals surface area contributed by atoms with E-state index in [0.717, 1.165) is 62.1 Å². The first-order valence-electron chi connectivity index (χ1n) is 9.76. The summed E-state index contributed by atoms with van der Waals surface area (Å²) in [6.45, 7) is 0.939. The van der Waals surface area contributed by atoms with Gasteiger partial charge in [-0.3, -0.25) is 4.79 Å². The van der Waals surface area contributed by atoms with Crippen LogP contribution in [0.1, 0.15) is 38.5 Å². The van der Waals surface area contributed by atoms with Crippen LogP contribution in [0.15, 0.2) is 36.5 Å². The van der Waals surface area contributed by atoms with E-state index in [-0.39, 0.29) is 0 Å². The van der Waals surface area contributed by atoms with Gasteiger partial charge in [-0.15, -0.1) is 0 Å². The summed E-state index contributed by atoms with van der Waals surface area (Å²) in [4.78, 5) is 23.1. The lowest BCUT2D eigenvalue weighted by molar-refractivity contribution is -0.130. The molecule has 0 unspecified atom stereocenters. The highest BCUT2D eigenvalue weighted by atomic mass is 16.5. The van der Waals surface area contributed by atoms with Gasteiger partial charge in [0.2, 0.25) is 11.9 Å². The van der Waals surface area contributed by atoms with E-state index in [1.54, 1.807) is 13.3 Å². The molecule has 0 radical (unpaired) electrons. The Bertz CT molecular complexity index is 785. The molecule has 1 aromatic carbocycles. The van der Waals surface area contributed by atoms with Gasteiger partial charge in [-0.1, -0.05) is 0 Å². The average molecular weight is 366 g/mol. The minimum absolute atomic E-state index is 0.335. The van der Waals surface area contributed by atoms with Crippen LogP contribution in [-0.2, 0) is 4.79 Å². The fourth-order valence-electron chi connectivity index (χ4n) is 4.12. The number of likely N-dealkylation sites (tertiary alicyclic amines) is 1. The molecule has 1 aliphatic carbocycles. The number of ether oxygens (including phenoxy) is 1. The number of amides is 1. The van der Waals surface area contributed by atoms with E-state index in [1.165, 1.54) is 0 Å². The van der Waals surface area contributed by atoms with Crippen LogP contribution < -0.4 is 10.1 Å².